The van der Waals surface area contributed by atoms with E-state index >= 15 is 0 Å². The molecule has 0 unspecified atom stereocenters. The molecule has 0 fully saturated rings. The van der Waals surface area contributed by atoms with Crippen molar-refractivity contribution in [2.75, 3.05) is 6.61 Å². The first-order chi connectivity index (χ1) is 6.72. The Bertz CT molecular complexity index is 188. The van der Waals surface area contributed by atoms with Crippen molar-refractivity contribution in [1.29, 1.82) is 0 Å². The van der Waals surface area contributed by atoms with Gasteiger partial charge in [-0.1, -0.05) is 32.3 Å². The molecule has 0 aliphatic carbocycles. The average Bonchev–Trinajstić information content (AvgIpc) is 2.17. The van der Waals surface area contributed by atoms with Gasteiger partial charge in [-0.25, -0.2) is 4.79 Å². The molecule has 0 aromatic heterocycles. The minimum Gasteiger partial charge on any atom is -0.462 e. The summed E-state index contributed by atoms with van der Waals surface area (Å²) in [5.74, 6) is -0.261. The molecule has 0 aliphatic rings. The fraction of sp³-hybridized carbons (Fsp3) is 0.727. The van der Waals surface area contributed by atoms with Crippen LogP contribution in [0.2, 0.25) is 0 Å². The molecule has 3 heteroatoms. The largest absolute Gasteiger partial charge is 0.462 e. The van der Waals surface area contributed by atoms with Gasteiger partial charge in [0.15, 0.2) is 0 Å². The molecular formula is C11H19BrO2. The molecule has 0 rings (SSSR count). The smallest absolute Gasteiger partial charge is 0.344 e. The third-order valence-electron chi connectivity index (χ3n) is 1.85. The number of allylic oxidation sites excluding steroid dienone is 1. The number of unbranched alkanes of at least 4 members (excludes halogenated alkanes) is 4. The predicted octanol–water partition coefficient (Wildman–Crippen LogP) is 3.80. The van der Waals surface area contributed by atoms with Gasteiger partial charge < -0.3 is 4.74 Å². The van der Waals surface area contributed by atoms with Gasteiger partial charge in [0.25, 0.3) is 0 Å². The lowest BCUT2D eigenvalue weighted by Crippen LogP contribution is -2.03. The lowest BCUT2D eigenvalue weighted by atomic mass is 10.1. The molecule has 0 radical (unpaired) electrons. The van der Waals surface area contributed by atoms with Crippen molar-refractivity contribution >= 4 is 21.9 Å². The van der Waals surface area contributed by atoms with Crippen molar-refractivity contribution in [3.05, 3.63) is 10.6 Å². The van der Waals surface area contributed by atoms with Crippen LogP contribution in [0.1, 0.15) is 46.0 Å². The first kappa shape index (κ1) is 13.7. The van der Waals surface area contributed by atoms with Crippen molar-refractivity contribution in [2.24, 2.45) is 0 Å². The Kier molecular flexibility index (Phi) is 9.05. The van der Waals surface area contributed by atoms with E-state index in [0.717, 1.165) is 12.8 Å². The molecule has 14 heavy (non-hydrogen) atoms. The van der Waals surface area contributed by atoms with Crippen LogP contribution in [0.15, 0.2) is 10.6 Å². The summed E-state index contributed by atoms with van der Waals surface area (Å²) < 4.78 is 5.38. The minimum atomic E-state index is -0.261. The molecule has 0 aromatic rings. The number of esters is 1. The molecule has 82 valence electrons. The molecule has 0 spiro atoms. The molecule has 0 N–H and O–H groups in total. The van der Waals surface area contributed by atoms with Crippen molar-refractivity contribution in [1.82, 2.24) is 0 Å². The Labute approximate surface area is 94.8 Å². The first-order valence-corrected chi connectivity index (χ1v) is 6.04. The van der Waals surface area contributed by atoms with Crippen molar-refractivity contribution in [3.63, 3.8) is 0 Å². The van der Waals surface area contributed by atoms with Crippen LogP contribution in [0.4, 0.5) is 0 Å². The molecule has 0 saturated heterocycles. The molecule has 0 heterocycles. The van der Waals surface area contributed by atoms with E-state index in [-0.39, 0.29) is 5.97 Å². The number of hydrogen-bond donors (Lipinski definition) is 0. The van der Waals surface area contributed by atoms with Crippen LogP contribution in [0.3, 0.4) is 0 Å². The van der Waals surface area contributed by atoms with Crippen molar-refractivity contribution in [2.45, 2.75) is 46.0 Å². The maximum absolute atomic E-state index is 11.1. The number of halogens is 1. The van der Waals surface area contributed by atoms with Crippen LogP contribution < -0.4 is 0 Å². The molecular weight excluding hydrogens is 244 g/mol. The van der Waals surface area contributed by atoms with E-state index in [0.29, 0.717) is 11.1 Å². The third-order valence-corrected chi connectivity index (χ3v) is 2.50. The Hall–Kier alpha value is -0.310. The summed E-state index contributed by atoms with van der Waals surface area (Å²) in [7, 11) is 0. The van der Waals surface area contributed by atoms with E-state index in [1.807, 2.05) is 6.08 Å². The summed E-state index contributed by atoms with van der Waals surface area (Å²) in [4.78, 5) is 11.1. The fourth-order valence-corrected chi connectivity index (χ4v) is 1.43. The Morgan fingerprint density at radius 3 is 2.57 bits per heavy atom. The first-order valence-electron chi connectivity index (χ1n) is 5.25. The van der Waals surface area contributed by atoms with Crippen LogP contribution in [0.25, 0.3) is 0 Å². The predicted molar refractivity (Wildman–Crippen MR) is 62.4 cm³/mol. The van der Waals surface area contributed by atoms with Gasteiger partial charge in [0.2, 0.25) is 0 Å². The van der Waals surface area contributed by atoms with Gasteiger partial charge in [0.05, 0.1) is 11.1 Å². The Morgan fingerprint density at radius 1 is 1.29 bits per heavy atom. The summed E-state index contributed by atoms with van der Waals surface area (Å²) in [5, 5.41) is 0. The van der Waals surface area contributed by atoms with Gasteiger partial charge in [-0.3, -0.25) is 0 Å². The monoisotopic (exact) mass is 262 g/mol. The van der Waals surface area contributed by atoms with Crippen molar-refractivity contribution in [3.8, 4) is 0 Å². The summed E-state index contributed by atoms with van der Waals surface area (Å²) in [6.07, 6.45) is 7.72. The van der Waals surface area contributed by atoms with E-state index < -0.39 is 0 Å². The van der Waals surface area contributed by atoms with Crippen LogP contribution in [0, 0.1) is 0 Å². The summed E-state index contributed by atoms with van der Waals surface area (Å²) in [6.45, 7) is 4.42. The third kappa shape index (κ3) is 7.13. The fourth-order valence-electron chi connectivity index (χ4n) is 1.08. The number of carbonyl (C=O) groups excluding carboxylic acids is 1. The van der Waals surface area contributed by atoms with Gasteiger partial charge >= 0.3 is 5.97 Å². The van der Waals surface area contributed by atoms with E-state index in [1.54, 1.807) is 6.92 Å². The second-order valence-corrected chi connectivity index (χ2v) is 3.98. The maximum Gasteiger partial charge on any atom is 0.344 e. The Balaban J connectivity index is 3.60. The number of carbonyl (C=O) groups is 1. The lowest BCUT2D eigenvalue weighted by molar-refractivity contribution is -0.137. The molecule has 2 nitrogen and oxygen atoms in total. The van der Waals surface area contributed by atoms with Gasteiger partial charge in [0.1, 0.15) is 0 Å². The highest BCUT2D eigenvalue weighted by Gasteiger charge is 2.04. The van der Waals surface area contributed by atoms with Gasteiger partial charge in [-0.05, 0) is 35.7 Å². The normalized spacial score (nSPS) is 11.5. The van der Waals surface area contributed by atoms with Gasteiger partial charge in [0, 0.05) is 0 Å². The maximum atomic E-state index is 11.1. The zero-order valence-electron chi connectivity index (χ0n) is 9.01. The van der Waals surface area contributed by atoms with Gasteiger partial charge in [-0.2, -0.15) is 0 Å². The average molecular weight is 263 g/mol. The van der Waals surface area contributed by atoms with Crippen LogP contribution >= 0.6 is 15.9 Å². The van der Waals surface area contributed by atoms with Crippen LogP contribution in [-0.2, 0) is 9.53 Å². The molecule has 0 aliphatic heterocycles. The number of rotatable bonds is 7. The topological polar surface area (TPSA) is 26.3 Å². The highest BCUT2D eigenvalue weighted by Crippen LogP contribution is 2.11. The Morgan fingerprint density at radius 2 is 2.00 bits per heavy atom. The van der Waals surface area contributed by atoms with Crippen molar-refractivity contribution < 1.29 is 9.53 Å². The molecule has 0 aromatic carbocycles. The van der Waals surface area contributed by atoms with Crippen LogP contribution in [0.5, 0.6) is 0 Å². The van der Waals surface area contributed by atoms with E-state index in [2.05, 4.69) is 22.9 Å². The zero-order valence-corrected chi connectivity index (χ0v) is 10.6. The highest BCUT2D eigenvalue weighted by molar-refractivity contribution is 9.12. The zero-order chi connectivity index (χ0) is 10.8. The van der Waals surface area contributed by atoms with Crippen LogP contribution in [-0.4, -0.2) is 12.6 Å². The minimum absolute atomic E-state index is 0.261. The number of hydrogen-bond acceptors (Lipinski definition) is 2. The summed E-state index contributed by atoms with van der Waals surface area (Å²) in [5.41, 5.74) is 0. The SMILES string of the molecule is CCCCCC/C=C(/Br)C(=O)OCC. The molecule has 0 saturated carbocycles. The quantitative estimate of drug-likeness (QED) is 0.396. The molecule has 0 bridgehead atoms. The summed E-state index contributed by atoms with van der Waals surface area (Å²) >= 11 is 3.20. The molecule has 0 atom stereocenters. The van der Waals surface area contributed by atoms with E-state index in [9.17, 15) is 4.79 Å². The van der Waals surface area contributed by atoms with E-state index in [1.165, 1.54) is 19.3 Å². The standard InChI is InChI=1S/C11H19BrO2/c1-3-5-6-7-8-9-10(12)11(13)14-4-2/h9H,3-8H2,1-2H3/b10-9+. The lowest BCUT2D eigenvalue weighted by Gasteiger charge is -2.00. The number of ether oxygens (including phenoxy) is 1. The molecule has 0 amide bonds. The van der Waals surface area contributed by atoms with Gasteiger partial charge in [-0.15, -0.1) is 0 Å². The summed E-state index contributed by atoms with van der Waals surface area (Å²) in [6, 6.07) is 0. The highest BCUT2D eigenvalue weighted by atomic mass is 79.9. The second kappa shape index (κ2) is 9.25. The second-order valence-electron chi connectivity index (χ2n) is 3.12. The van der Waals surface area contributed by atoms with E-state index in [4.69, 9.17) is 4.74 Å².